The molecule has 0 atom stereocenters. The number of aryl methyl sites for hydroxylation is 1. The second-order valence-electron chi connectivity index (χ2n) is 3.43. The van der Waals surface area contributed by atoms with Gasteiger partial charge in [0.15, 0.2) is 0 Å². The van der Waals surface area contributed by atoms with Gasteiger partial charge in [0, 0.05) is 11.3 Å². The van der Waals surface area contributed by atoms with Gasteiger partial charge in [0.2, 0.25) is 0 Å². The van der Waals surface area contributed by atoms with E-state index in [0.717, 1.165) is 6.42 Å². The summed E-state index contributed by atoms with van der Waals surface area (Å²) in [7, 11) is 0. The molecule has 0 bridgehead atoms. The van der Waals surface area contributed by atoms with Crippen LogP contribution >= 0.6 is 0 Å². The van der Waals surface area contributed by atoms with Crippen molar-refractivity contribution < 1.29 is 39.5 Å². The van der Waals surface area contributed by atoms with Gasteiger partial charge in [-0.3, -0.25) is 0 Å². The van der Waals surface area contributed by atoms with E-state index in [0.29, 0.717) is 24.1 Å². The summed E-state index contributed by atoms with van der Waals surface area (Å²) in [6.07, 6.45) is 2.18. The summed E-state index contributed by atoms with van der Waals surface area (Å²) in [6.45, 7) is 0. The van der Waals surface area contributed by atoms with E-state index < -0.39 is 5.97 Å². The number of carboxylic acids is 1. The van der Waals surface area contributed by atoms with E-state index >= 15 is 0 Å². The predicted molar refractivity (Wildman–Crippen MR) is 49.7 cm³/mol. The molecule has 0 aromatic carbocycles. The molecule has 0 spiro atoms. The van der Waals surface area contributed by atoms with E-state index in [-0.39, 0.29) is 46.5 Å². The largest absolute Gasteiger partial charge is 1.00 e. The Kier molecular flexibility index (Phi) is 3.92. The fourth-order valence-corrected chi connectivity index (χ4v) is 1.94. The number of hydrogen-bond acceptors (Lipinski definition) is 5. The monoisotopic (exact) mass is 225 g/mol. The van der Waals surface area contributed by atoms with Crippen LogP contribution in [-0.4, -0.2) is 11.0 Å². The molecule has 0 saturated heterocycles. The number of aromatic nitrogens is 1. The van der Waals surface area contributed by atoms with Crippen LogP contribution in [0.1, 0.15) is 33.6 Å². The molecule has 1 heterocycles. The Bertz CT molecular complexity index is 493. The average Bonchev–Trinajstić information content (AvgIpc) is 2.62. The van der Waals surface area contributed by atoms with Crippen molar-refractivity contribution in [2.75, 3.05) is 5.73 Å². The molecule has 0 saturated carbocycles. The topological polar surface area (TPSA) is 103 Å². The van der Waals surface area contributed by atoms with E-state index in [1.807, 2.05) is 0 Å². The maximum Gasteiger partial charge on any atom is 1.00 e. The Morgan fingerprint density at radius 1 is 1.50 bits per heavy atom. The summed E-state index contributed by atoms with van der Waals surface area (Å²) in [5.41, 5.74) is 6.67. The van der Waals surface area contributed by atoms with Crippen LogP contribution in [0.2, 0.25) is 0 Å². The van der Waals surface area contributed by atoms with Crippen molar-refractivity contribution in [3.8, 4) is 6.07 Å². The summed E-state index contributed by atoms with van der Waals surface area (Å²) in [4.78, 5) is 15.0. The number of nitriles is 1. The minimum atomic E-state index is -1.35. The molecule has 2 rings (SSSR count). The molecular formula is C10H8N3NaO2. The smallest absolute Gasteiger partial charge is 0.545 e. The molecule has 2 N–H and O–H groups in total. The van der Waals surface area contributed by atoms with Gasteiger partial charge >= 0.3 is 29.6 Å². The number of nitrogen functional groups attached to an aromatic ring is 1. The number of nitrogens with two attached hydrogens (primary N) is 1. The van der Waals surface area contributed by atoms with Crippen LogP contribution in [0.5, 0.6) is 0 Å². The maximum absolute atomic E-state index is 10.9. The van der Waals surface area contributed by atoms with Gasteiger partial charge in [-0.1, -0.05) is 0 Å². The van der Waals surface area contributed by atoms with Crippen molar-refractivity contribution in [3.63, 3.8) is 0 Å². The van der Waals surface area contributed by atoms with Crippen molar-refractivity contribution in [1.82, 2.24) is 4.98 Å². The van der Waals surface area contributed by atoms with Crippen molar-refractivity contribution in [1.29, 1.82) is 5.26 Å². The molecule has 0 radical (unpaired) electrons. The third kappa shape index (κ3) is 1.92. The van der Waals surface area contributed by atoms with E-state index in [2.05, 4.69) is 4.98 Å². The van der Waals surface area contributed by atoms with Gasteiger partial charge in [-0.05, 0) is 24.8 Å². The van der Waals surface area contributed by atoms with E-state index in [1.54, 1.807) is 6.07 Å². The Balaban J connectivity index is 0.00000128. The summed E-state index contributed by atoms with van der Waals surface area (Å²) in [6, 6.07) is 1.77. The van der Waals surface area contributed by atoms with Crippen LogP contribution in [0.4, 0.5) is 5.82 Å². The summed E-state index contributed by atoms with van der Waals surface area (Å²) in [5, 5.41) is 19.8. The number of rotatable bonds is 1. The zero-order valence-corrected chi connectivity index (χ0v) is 10.9. The minimum absolute atomic E-state index is 0. The zero-order chi connectivity index (χ0) is 11.0. The minimum Gasteiger partial charge on any atom is -0.545 e. The van der Waals surface area contributed by atoms with Gasteiger partial charge in [-0.2, -0.15) is 5.26 Å². The van der Waals surface area contributed by atoms with Gasteiger partial charge in [0.05, 0.1) is 5.97 Å². The second-order valence-corrected chi connectivity index (χ2v) is 3.43. The molecule has 0 aliphatic heterocycles. The number of aromatic carboxylic acids is 1. The fraction of sp³-hybridized carbons (Fsp3) is 0.300. The van der Waals surface area contributed by atoms with Crippen LogP contribution < -0.4 is 40.4 Å². The predicted octanol–water partition coefficient (Wildman–Crippen LogP) is -3.61. The van der Waals surface area contributed by atoms with Gasteiger partial charge in [0.25, 0.3) is 0 Å². The Labute approximate surface area is 115 Å². The Morgan fingerprint density at radius 2 is 2.19 bits per heavy atom. The van der Waals surface area contributed by atoms with Crippen molar-refractivity contribution in [2.45, 2.75) is 19.3 Å². The first-order valence-electron chi connectivity index (χ1n) is 4.57. The van der Waals surface area contributed by atoms with Crippen LogP contribution in [0.3, 0.4) is 0 Å². The number of nitrogens with zero attached hydrogens (tertiary/aromatic N) is 2. The van der Waals surface area contributed by atoms with E-state index in [9.17, 15) is 9.90 Å². The van der Waals surface area contributed by atoms with Crippen LogP contribution in [0.25, 0.3) is 0 Å². The summed E-state index contributed by atoms with van der Waals surface area (Å²) >= 11 is 0. The fourth-order valence-electron chi connectivity index (χ4n) is 1.94. The number of hydrogen-bond donors (Lipinski definition) is 1. The number of pyridine rings is 1. The normalized spacial score (nSPS) is 12.4. The van der Waals surface area contributed by atoms with Gasteiger partial charge < -0.3 is 15.6 Å². The molecule has 16 heavy (non-hydrogen) atoms. The first kappa shape index (κ1) is 13.0. The standard InChI is InChI=1S/C10H9N3O2.Na/c11-4-6-8(10(14)15)5-2-1-3-7(5)13-9(6)12;/h1-3H2,(H2,12,13)(H,14,15);/q;+1/p-1. The number of carbonyl (C=O) groups is 1. The van der Waals surface area contributed by atoms with Crippen molar-refractivity contribution >= 4 is 11.8 Å². The zero-order valence-electron chi connectivity index (χ0n) is 8.91. The van der Waals surface area contributed by atoms with Crippen molar-refractivity contribution in [2.24, 2.45) is 0 Å². The third-order valence-electron chi connectivity index (χ3n) is 2.57. The third-order valence-corrected chi connectivity index (χ3v) is 2.57. The van der Waals surface area contributed by atoms with Gasteiger partial charge in [0.1, 0.15) is 17.5 Å². The first-order valence-corrected chi connectivity index (χ1v) is 4.57. The summed E-state index contributed by atoms with van der Waals surface area (Å²) in [5.74, 6) is -1.36. The number of carboxylic acid groups (broad SMARTS) is 1. The molecule has 76 valence electrons. The first-order chi connectivity index (χ1) is 7.15. The molecule has 1 aliphatic carbocycles. The summed E-state index contributed by atoms with van der Waals surface area (Å²) < 4.78 is 0. The van der Waals surface area contributed by atoms with Crippen LogP contribution in [0.15, 0.2) is 0 Å². The average molecular weight is 225 g/mol. The Morgan fingerprint density at radius 3 is 2.75 bits per heavy atom. The molecule has 5 nitrogen and oxygen atoms in total. The van der Waals surface area contributed by atoms with E-state index in [4.69, 9.17) is 11.0 Å². The van der Waals surface area contributed by atoms with Crippen molar-refractivity contribution in [3.05, 3.63) is 22.4 Å². The van der Waals surface area contributed by atoms with Crippen LogP contribution in [0, 0.1) is 11.3 Å². The van der Waals surface area contributed by atoms with E-state index in [1.165, 1.54) is 0 Å². The molecular weight excluding hydrogens is 217 g/mol. The molecule has 6 heteroatoms. The quantitative estimate of drug-likeness (QED) is 0.497. The number of fused-ring (bicyclic) bond motifs is 1. The molecule has 0 unspecified atom stereocenters. The number of anilines is 1. The second kappa shape index (κ2) is 4.83. The Hall–Kier alpha value is -1.09. The van der Waals surface area contributed by atoms with Gasteiger partial charge in [-0.25, -0.2) is 4.98 Å². The SMILES string of the molecule is N#Cc1c(N)nc2c(c1C(=O)[O-])CCC2.[Na+]. The molecule has 0 fully saturated rings. The van der Waals surface area contributed by atoms with Gasteiger partial charge in [-0.15, -0.1) is 0 Å². The molecule has 1 aromatic rings. The molecule has 1 aliphatic rings. The molecule has 1 aromatic heterocycles. The van der Waals surface area contributed by atoms with Crippen LogP contribution in [-0.2, 0) is 12.8 Å². The number of carbonyl (C=O) groups excluding carboxylic acids is 1. The maximum atomic E-state index is 10.9. The molecule has 0 amide bonds.